The zero-order chi connectivity index (χ0) is 17.1. The second kappa shape index (κ2) is 5.59. The molecule has 0 heterocycles. The van der Waals surface area contributed by atoms with E-state index in [1.54, 1.807) is 5.57 Å². The lowest BCUT2D eigenvalue weighted by Gasteiger charge is -2.57. The first-order valence-corrected chi connectivity index (χ1v) is 9.89. The van der Waals surface area contributed by atoms with E-state index < -0.39 is 0 Å². The number of carbonyl (C=O) groups is 1. The molecule has 4 aliphatic carbocycles. The molecule has 3 fully saturated rings. The molecule has 0 bridgehead atoms. The number of ether oxygens (including phenoxy) is 1. The lowest BCUT2D eigenvalue weighted by atomic mass is 9.48. The van der Waals surface area contributed by atoms with Crippen LogP contribution in [0.25, 0.3) is 0 Å². The van der Waals surface area contributed by atoms with Gasteiger partial charge in [0, 0.05) is 13.3 Å². The number of rotatable bonds is 1. The number of aliphatic hydroxyl groups excluding tert-OH is 1. The van der Waals surface area contributed by atoms with Gasteiger partial charge in [0.25, 0.3) is 0 Å². The summed E-state index contributed by atoms with van der Waals surface area (Å²) < 4.78 is 5.51. The number of allylic oxidation sites excluding steroid dienone is 1. The SMILES string of the molecule is CC(=O)O[C@@H]1CC[C@]2(C)C(=CC[C@@H]3[C@@H]4CC[C@@H](O)[C@@]4(C)CC[C@@H]32)C1. The molecule has 3 saturated carbocycles. The van der Waals surface area contributed by atoms with Crippen LogP contribution < -0.4 is 0 Å². The van der Waals surface area contributed by atoms with Crippen LogP contribution in [0.1, 0.15) is 72.1 Å². The lowest BCUT2D eigenvalue weighted by molar-refractivity contribution is -0.148. The summed E-state index contributed by atoms with van der Waals surface area (Å²) in [5, 5.41) is 10.5. The third-order valence-electron chi connectivity index (χ3n) is 8.34. The molecule has 0 aromatic rings. The van der Waals surface area contributed by atoms with Gasteiger partial charge in [-0.25, -0.2) is 0 Å². The summed E-state index contributed by atoms with van der Waals surface area (Å²) in [5.41, 5.74) is 1.98. The van der Waals surface area contributed by atoms with Gasteiger partial charge in [-0.1, -0.05) is 25.5 Å². The van der Waals surface area contributed by atoms with Gasteiger partial charge in [-0.2, -0.15) is 0 Å². The maximum absolute atomic E-state index is 11.3. The fourth-order valence-electron chi connectivity index (χ4n) is 6.94. The van der Waals surface area contributed by atoms with Gasteiger partial charge in [0.2, 0.25) is 0 Å². The van der Waals surface area contributed by atoms with Crippen molar-refractivity contribution in [3.63, 3.8) is 0 Å². The molecular formula is C21H32O3. The monoisotopic (exact) mass is 332 g/mol. The van der Waals surface area contributed by atoms with Crippen LogP contribution in [0.4, 0.5) is 0 Å². The topological polar surface area (TPSA) is 46.5 Å². The van der Waals surface area contributed by atoms with E-state index in [-0.39, 0.29) is 29.0 Å². The fourth-order valence-corrected chi connectivity index (χ4v) is 6.94. The Kier molecular flexibility index (Phi) is 3.87. The molecule has 0 spiro atoms. The molecule has 7 atom stereocenters. The molecule has 4 rings (SSSR count). The highest BCUT2D eigenvalue weighted by Crippen LogP contribution is 2.64. The number of aliphatic hydroxyl groups is 1. The highest BCUT2D eigenvalue weighted by Gasteiger charge is 2.58. The third kappa shape index (κ3) is 2.30. The summed E-state index contributed by atoms with van der Waals surface area (Å²) in [6.07, 6.45) is 11.3. The quantitative estimate of drug-likeness (QED) is 0.577. The minimum atomic E-state index is -0.147. The highest BCUT2D eigenvalue weighted by atomic mass is 16.5. The van der Waals surface area contributed by atoms with Crippen LogP contribution >= 0.6 is 0 Å². The molecule has 134 valence electrons. The van der Waals surface area contributed by atoms with Gasteiger partial charge in [0.15, 0.2) is 0 Å². The standard InChI is InChI=1S/C21H32O3/c1-13(22)24-15-8-10-20(2)14(12-15)4-5-16-17-6-7-19(23)21(17,3)11-9-18(16)20/h4,15-19,23H,5-12H2,1-3H3/t15-,16-,17+,18+,19-,20-,21+/m1/s1. The van der Waals surface area contributed by atoms with Crippen molar-refractivity contribution in [1.82, 2.24) is 0 Å². The molecule has 3 heteroatoms. The van der Waals surface area contributed by atoms with Gasteiger partial charge in [0.1, 0.15) is 6.10 Å². The van der Waals surface area contributed by atoms with Crippen molar-refractivity contribution in [3.05, 3.63) is 11.6 Å². The van der Waals surface area contributed by atoms with Gasteiger partial charge in [-0.05, 0) is 73.5 Å². The average Bonchev–Trinajstić information content (AvgIpc) is 2.83. The third-order valence-corrected chi connectivity index (χ3v) is 8.34. The van der Waals surface area contributed by atoms with Crippen LogP contribution in [0.2, 0.25) is 0 Å². The van der Waals surface area contributed by atoms with Crippen LogP contribution in [0.15, 0.2) is 11.6 Å². The van der Waals surface area contributed by atoms with Crippen molar-refractivity contribution in [3.8, 4) is 0 Å². The molecule has 0 aromatic carbocycles. The smallest absolute Gasteiger partial charge is 0.302 e. The van der Waals surface area contributed by atoms with Crippen molar-refractivity contribution >= 4 is 5.97 Å². The summed E-state index contributed by atoms with van der Waals surface area (Å²) >= 11 is 0. The largest absolute Gasteiger partial charge is 0.462 e. The van der Waals surface area contributed by atoms with Gasteiger partial charge in [-0.15, -0.1) is 0 Å². The van der Waals surface area contributed by atoms with Gasteiger partial charge >= 0.3 is 5.97 Å². The Labute approximate surface area is 145 Å². The second-order valence-electron chi connectivity index (χ2n) is 9.37. The first kappa shape index (κ1) is 16.6. The van der Waals surface area contributed by atoms with Crippen LogP contribution in [-0.4, -0.2) is 23.3 Å². The van der Waals surface area contributed by atoms with Crippen LogP contribution in [0.5, 0.6) is 0 Å². The Morgan fingerprint density at radius 1 is 1.17 bits per heavy atom. The molecular weight excluding hydrogens is 300 g/mol. The van der Waals surface area contributed by atoms with E-state index in [2.05, 4.69) is 19.9 Å². The predicted molar refractivity (Wildman–Crippen MR) is 93.3 cm³/mol. The van der Waals surface area contributed by atoms with E-state index >= 15 is 0 Å². The minimum absolute atomic E-state index is 0.0838. The number of fused-ring (bicyclic) bond motifs is 5. The van der Waals surface area contributed by atoms with Crippen LogP contribution in [0, 0.1) is 28.6 Å². The molecule has 1 N–H and O–H groups in total. The number of esters is 1. The summed E-state index contributed by atoms with van der Waals surface area (Å²) in [4.78, 5) is 11.3. The summed E-state index contributed by atoms with van der Waals surface area (Å²) in [5.74, 6) is 2.03. The maximum atomic E-state index is 11.3. The van der Waals surface area contributed by atoms with Crippen molar-refractivity contribution < 1.29 is 14.6 Å². The van der Waals surface area contributed by atoms with E-state index in [0.717, 1.165) is 43.9 Å². The molecule has 24 heavy (non-hydrogen) atoms. The first-order chi connectivity index (χ1) is 11.3. The van der Waals surface area contributed by atoms with Crippen molar-refractivity contribution in [2.45, 2.75) is 84.3 Å². The Morgan fingerprint density at radius 2 is 1.96 bits per heavy atom. The number of carbonyl (C=O) groups excluding carboxylic acids is 1. The van der Waals surface area contributed by atoms with E-state index in [0.29, 0.717) is 5.92 Å². The van der Waals surface area contributed by atoms with Crippen LogP contribution in [-0.2, 0) is 9.53 Å². The zero-order valence-corrected chi connectivity index (χ0v) is 15.4. The average molecular weight is 332 g/mol. The molecule has 4 aliphatic rings. The molecule has 3 nitrogen and oxygen atoms in total. The molecule has 0 amide bonds. The van der Waals surface area contributed by atoms with Crippen molar-refractivity contribution in [1.29, 1.82) is 0 Å². The Bertz CT molecular complexity index is 567. The van der Waals surface area contributed by atoms with Crippen LogP contribution in [0.3, 0.4) is 0 Å². The predicted octanol–water partition coefficient (Wildman–Crippen LogP) is 4.24. The van der Waals surface area contributed by atoms with Gasteiger partial charge in [0.05, 0.1) is 6.10 Å². The number of hydrogen-bond acceptors (Lipinski definition) is 3. The van der Waals surface area contributed by atoms with E-state index in [4.69, 9.17) is 4.74 Å². The summed E-state index contributed by atoms with van der Waals surface area (Å²) in [6, 6.07) is 0. The van der Waals surface area contributed by atoms with Gasteiger partial charge in [-0.3, -0.25) is 4.79 Å². The Morgan fingerprint density at radius 3 is 2.71 bits per heavy atom. The van der Waals surface area contributed by atoms with E-state index in [1.165, 1.54) is 26.2 Å². The van der Waals surface area contributed by atoms with E-state index in [9.17, 15) is 9.90 Å². The molecule has 0 unspecified atom stereocenters. The number of hydrogen-bond donors (Lipinski definition) is 1. The molecule has 0 aromatic heterocycles. The highest BCUT2D eigenvalue weighted by molar-refractivity contribution is 5.66. The van der Waals surface area contributed by atoms with E-state index in [1.807, 2.05) is 0 Å². The fraction of sp³-hybridized carbons (Fsp3) is 0.857. The first-order valence-electron chi connectivity index (χ1n) is 9.89. The summed E-state index contributed by atoms with van der Waals surface area (Å²) in [7, 11) is 0. The zero-order valence-electron chi connectivity index (χ0n) is 15.4. The minimum Gasteiger partial charge on any atom is -0.462 e. The Balaban J connectivity index is 1.59. The molecule has 0 aliphatic heterocycles. The Hall–Kier alpha value is -0.830. The van der Waals surface area contributed by atoms with Crippen molar-refractivity contribution in [2.75, 3.05) is 0 Å². The second-order valence-corrected chi connectivity index (χ2v) is 9.37. The normalized spacial score (nSPS) is 50.3. The van der Waals surface area contributed by atoms with Crippen molar-refractivity contribution in [2.24, 2.45) is 28.6 Å². The lowest BCUT2D eigenvalue weighted by Crippen LogP contribution is -2.51. The van der Waals surface area contributed by atoms with Gasteiger partial charge < -0.3 is 9.84 Å². The summed E-state index contributed by atoms with van der Waals surface area (Å²) in [6.45, 7) is 6.32. The molecule has 0 radical (unpaired) electrons. The molecule has 0 saturated heterocycles. The maximum Gasteiger partial charge on any atom is 0.302 e.